The summed E-state index contributed by atoms with van der Waals surface area (Å²) in [4.78, 5) is 10.6. The maximum atomic E-state index is 10.6. The van der Waals surface area contributed by atoms with Crippen LogP contribution < -0.4 is 25.4 Å². The second-order valence-electron chi connectivity index (χ2n) is 7.47. The maximum absolute atomic E-state index is 10.6. The summed E-state index contributed by atoms with van der Waals surface area (Å²) in [5, 5.41) is 3.72. The predicted molar refractivity (Wildman–Crippen MR) is 114 cm³/mol. The number of methoxy groups -OCH3 is 1. The zero-order valence-corrected chi connectivity index (χ0v) is 17.4. The van der Waals surface area contributed by atoms with Crippen molar-refractivity contribution in [3.63, 3.8) is 0 Å². The largest absolute Gasteiger partial charge is 0.493 e. The Kier molecular flexibility index (Phi) is 7.88. The summed E-state index contributed by atoms with van der Waals surface area (Å²) in [7, 11) is 1.56. The zero-order valence-electron chi connectivity index (χ0n) is 17.4. The van der Waals surface area contributed by atoms with Crippen molar-refractivity contribution in [3.8, 4) is 17.2 Å². The van der Waals surface area contributed by atoms with Gasteiger partial charge in [-0.15, -0.1) is 0 Å². The second-order valence-corrected chi connectivity index (χ2v) is 7.47. The quantitative estimate of drug-likeness (QED) is 0.380. The van der Waals surface area contributed by atoms with Crippen molar-refractivity contribution in [2.45, 2.75) is 32.6 Å². The smallest absolute Gasteiger partial charge is 0.332 e. The number of rotatable bonds is 9. The van der Waals surface area contributed by atoms with Crippen LogP contribution in [-0.2, 0) is 5.41 Å². The number of ether oxygens (including phenoxy) is 3. The number of amides is 2. The lowest BCUT2D eigenvalue weighted by molar-refractivity contribution is 0.240. The molecule has 2 aromatic rings. The molecule has 3 N–H and O–H groups in total. The fourth-order valence-electron chi connectivity index (χ4n) is 2.54. The van der Waals surface area contributed by atoms with Crippen LogP contribution in [0.2, 0.25) is 0 Å². The van der Waals surface area contributed by atoms with Gasteiger partial charge < -0.3 is 19.9 Å². The summed E-state index contributed by atoms with van der Waals surface area (Å²) in [6.45, 7) is 7.61. The van der Waals surface area contributed by atoms with Crippen LogP contribution >= 0.6 is 0 Å². The Balaban J connectivity index is 1.79. The average Bonchev–Trinajstić information content (AvgIpc) is 2.67. The molecule has 0 radical (unpaired) electrons. The number of primary amides is 1. The number of carbonyl (C=O) groups is 1. The van der Waals surface area contributed by atoms with Gasteiger partial charge in [0.2, 0.25) is 0 Å². The first-order valence-electron chi connectivity index (χ1n) is 9.42. The summed E-state index contributed by atoms with van der Waals surface area (Å²) in [5.74, 6) is 2.05. The van der Waals surface area contributed by atoms with Crippen LogP contribution in [0, 0.1) is 0 Å². The highest BCUT2D eigenvalue weighted by Crippen LogP contribution is 2.28. The van der Waals surface area contributed by atoms with Crippen LogP contribution in [0.25, 0.3) is 0 Å². The summed E-state index contributed by atoms with van der Waals surface area (Å²) in [5.41, 5.74) is 9.25. The van der Waals surface area contributed by atoms with E-state index >= 15 is 0 Å². The molecule has 2 amide bonds. The molecule has 0 aliphatic heterocycles. The van der Waals surface area contributed by atoms with Gasteiger partial charge in [0.25, 0.3) is 0 Å². The topological polar surface area (TPSA) is 95.2 Å². The molecule has 0 saturated heterocycles. The van der Waals surface area contributed by atoms with Gasteiger partial charge in [-0.3, -0.25) is 0 Å². The van der Waals surface area contributed by atoms with Gasteiger partial charge in [0.05, 0.1) is 26.5 Å². The molecule has 0 atom stereocenters. The lowest BCUT2D eigenvalue weighted by Crippen LogP contribution is -2.24. The molecule has 0 spiro atoms. The molecule has 0 unspecified atom stereocenters. The van der Waals surface area contributed by atoms with E-state index in [1.807, 2.05) is 12.1 Å². The Hall–Kier alpha value is -3.22. The highest BCUT2D eigenvalue weighted by atomic mass is 16.5. The van der Waals surface area contributed by atoms with Gasteiger partial charge in [0.15, 0.2) is 11.5 Å². The van der Waals surface area contributed by atoms with Gasteiger partial charge in [-0.25, -0.2) is 10.2 Å². The third-order valence-electron chi connectivity index (χ3n) is 4.11. The molecular formula is C22H29N3O4. The van der Waals surface area contributed by atoms with Crippen molar-refractivity contribution in [1.82, 2.24) is 5.43 Å². The average molecular weight is 399 g/mol. The lowest BCUT2D eigenvalue weighted by Gasteiger charge is -2.19. The van der Waals surface area contributed by atoms with E-state index in [4.69, 9.17) is 19.9 Å². The van der Waals surface area contributed by atoms with Crippen LogP contribution in [-0.4, -0.2) is 32.6 Å². The maximum Gasteiger partial charge on any atom is 0.332 e. The number of hydrazone groups is 1. The Morgan fingerprint density at radius 2 is 1.76 bits per heavy atom. The molecule has 0 saturated carbocycles. The third-order valence-corrected chi connectivity index (χ3v) is 4.11. The van der Waals surface area contributed by atoms with Gasteiger partial charge in [-0.05, 0) is 46.9 Å². The first-order chi connectivity index (χ1) is 13.8. The van der Waals surface area contributed by atoms with Gasteiger partial charge in [-0.2, -0.15) is 5.10 Å². The fraction of sp³-hybridized carbons (Fsp3) is 0.364. The van der Waals surface area contributed by atoms with Gasteiger partial charge in [0.1, 0.15) is 5.75 Å². The van der Waals surface area contributed by atoms with Gasteiger partial charge in [-0.1, -0.05) is 32.9 Å². The monoisotopic (exact) mass is 399 g/mol. The van der Waals surface area contributed by atoms with E-state index in [9.17, 15) is 4.79 Å². The molecular weight excluding hydrogens is 370 g/mol. The van der Waals surface area contributed by atoms with Crippen molar-refractivity contribution in [2.75, 3.05) is 20.3 Å². The van der Waals surface area contributed by atoms with Crippen LogP contribution in [0.15, 0.2) is 47.6 Å². The van der Waals surface area contributed by atoms with E-state index in [1.165, 1.54) is 11.8 Å². The summed E-state index contributed by atoms with van der Waals surface area (Å²) in [6.07, 6.45) is 2.20. The van der Waals surface area contributed by atoms with E-state index < -0.39 is 6.03 Å². The number of nitrogens with one attached hydrogen (secondary N) is 1. The standard InChI is InChI=1S/C22H29N3O4/c1-22(2,3)17-7-9-18(10-8-17)28-12-5-13-29-19-11-6-16(14-20(19)27-4)15-24-25-21(23)26/h6-11,14-15H,5,12-13H2,1-4H3,(H3,23,25,26). The van der Waals surface area contributed by atoms with E-state index in [2.05, 4.69) is 43.4 Å². The number of carbonyl (C=O) groups excluding carboxylic acids is 1. The van der Waals surface area contributed by atoms with Crippen LogP contribution in [0.1, 0.15) is 38.3 Å². The fourth-order valence-corrected chi connectivity index (χ4v) is 2.54. The first kappa shape index (κ1) is 22.1. The summed E-state index contributed by atoms with van der Waals surface area (Å²) in [6, 6.07) is 12.8. The molecule has 7 nitrogen and oxygen atoms in total. The Morgan fingerprint density at radius 3 is 2.38 bits per heavy atom. The van der Waals surface area contributed by atoms with E-state index in [0.29, 0.717) is 24.7 Å². The molecule has 2 aromatic carbocycles. The summed E-state index contributed by atoms with van der Waals surface area (Å²) < 4.78 is 16.9. The minimum Gasteiger partial charge on any atom is -0.493 e. The van der Waals surface area contributed by atoms with Crippen molar-refractivity contribution < 1.29 is 19.0 Å². The molecule has 0 aromatic heterocycles. The molecule has 29 heavy (non-hydrogen) atoms. The molecule has 2 rings (SSSR count). The van der Waals surface area contributed by atoms with Crippen molar-refractivity contribution in [3.05, 3.63) is 53.6 Å². The van der Waals surface area contributed by atoms with Crippen LogP contribution in [0.5, 0.6) is 17.2 Å². The van der Waals surface area contributed by atoms with Crippen molar-refractivity contribution >= 4 is 12.2 Å². The van der Waals surface area contributed by atoms with Crippen LogP contribution in [0.3, 0.4) is 0 Å². The number of urea groups is 1. The minimum absolute atomic E-state index is 0.130. The first-order valence-corrected chi connectivity index (χ1v) is 9.42. The molecule has 0 fully saturated rings. The highest BCUT2D eigenvalue weighted by Gasteiger charge is 2.13. The number of hydrogen-bond acceptors (Lipinski definition) is 5. The number of hydrogen-bond donors (Lipinski definition) is 2. The van der Waals surface area contributed by atoms with Gasteiger partial charge >= 0.3 is 6.03 Å². The predicted octanol–water partition coefficient (Wildman–Crippen LogP) is 3.84. The minimum atomic E-state index is -0.722. The van der Waals surface area contributed by atoms with Gasteiger partial charge in [0, 0.05) is 6.42 Å². The van der Waals surface area contributed by atoms with E-state index in [-0.39, 0.29) is 5.41 Å². The third kappa shape index (κ3) is 7.37. The molecule has 0 bridgehead atoms. The SMILES string of the molecule is COc1cc(C=NNC(N)=O)ccc1OCCCOc1ccc(C(C)(C)C)cc1. The Labute approximate surface area is 171 Å². The van der Waals surface area contributed by atoms with Crippen molar-refractivity contribution in [1.29, 1.82) is 0 Å². The highest BCUT2D eigenvalue weighted by molar-refractivity contribution is 5.82. The molecule has 0 aliphatic carbocycles. The molecule has 7 heteroatoms. The second kappa shape index (κ2) is 10.4. The molecule has 0 aliphatic rings. The van der Waals surface area contributed by atoms with E-state index in [1.54, 1.807) is 25.3 Å². The van der Waals surface area contributed by atoms with Crippen molar-refractivity contribution in [2.24, 2.45) is 10.8 Å². The Bertz CT molecular complexity index is 827. The Morgan fingerprint density at radius 1 is 1.07 bits per heavy atom. The van der Waals surface area contributed by atoms with E-state index in [0.717, 1.165) is 17.7 Å². The number of nitrogens with two attached hydrogens (primary N) is 1. The number of benzene rings is 2. The zero-order chi connectivity index (χ0) is 21.3. The number of nitrogens with zero attached hydrogens (tertiary/aromatic N) is 1. The molecule has 156 valence electrons. The summed E-state index contributed by atoms with van der Waals surface area (Å²) >= 11 is 0. The van der Waals surface area contributed by atoms with Crippen LogP contribution in [0.4, 0.5) is 4.79 Å². The normalized spacial score (nSPS) is 11.3. The molecule has 0 heterocycles. The lowest BCUT2D eigenvalue weighted by atomic mass is 9.87.